The maximum absolute atomic E-state index is 6.66. The first-order valence-electron chi connectivity index (χ1n) is 15.0. The smallest absolute Gasteiger partial charge is 0.0622 e. The summed E-state index contributed by atoms with van der Waals surface area (Å²) >= 11 is 0. The SMILES string of the molecule is C#C/C=C\C(=C(C)C)c1c(C=C)c2ccccc2c2c1c1ccccc1n2C1=CC=C(C(N)/C=C(\N)c2ccccc2)CC1. The molecule has 0 amide bonds. The maximum atomic E-state index is 6.66. The van der Waals surface area contributed by atoms with Gasteiger partial charge in [0.15, 0.2) is 0 Å². The molecule has 1 aliphatic carbocycles. The van der Waals surface area contributed by atoms with Crippen molar-refractivity contribution in [2.75, 3.05) is 0 Å². The summed E-state index contributed by atoms with van der Waals surface area (Å²) in [4.78, 5) is 0. The Kier molecular flexibility index (Phi) is 7.94. The molecular formula is C41H37N3. The van der Waals surface area contributed by atoms with Crippen LogP contribution in [-0.2, 0) is 0 Å². The molecule has 0 fully saturated rings. The molecule has 0 saturated heterocycles. The molecule has 44 heavy (non-hydrogen) atoms. The number of hydrogen-bond donors (Lipinski definition) is 2. The fraction of sp³-hybridized carbons (Fsp3) is 0.122. The van der Waals surface area contributed by atoms with E-state index in [1.807, 2.05) is 42.5 Å². The van der Waals surface area contributed by atoms with Crippen molar-refractivity contribution in [1.82, 2.24) is 4.57 Å². The van der Waals surface area contributed by atoms with Crippen molar-refractivity contribution in [3.8, 4) is 12.3 Å². The largest absolute Gasteiger partial charge is 0.398 e. The third kappa shape index (κ3) is 5.00. The van der Waals surface area contributed by atoms with E-state index in [4.69, 9.17) is 17.9 Å². The summed E-state index contributed by atoms with van der Waals surface area (Å²) < 4.78 is 2.45. The van der Waals surface area contributed by atoms with Gasteiger partial charge in [-0.2, -0.15) is 0 Å². The first kappa shape index (κ1) is 28.8. The molecule has 3 nitrogen and oxygen atoms in total. The number of allylic oxidation sites excluding steroid dienone is 7. The molecule has 1 heterocycles. The minimum atomic E-state index is -0.253. The molecule has 1 aromatic heterocycles. The van der Waals surface area contributed by atoms with E-state index in [1.54, 1.807) is 6.08 Å². The molecule has 0 spiro atoms. The average molecular weight is 572 g/mol. The Morgan fingerprint density at radius 1 is 0.909 bits per heavy atom. The average Bonchev–Trinajstić information content (AvgIpc) is 3.40. The van der Waals surface area contributed by atoms with Crippen LogP contribution in [0.15, 0.2) is 127 Å². The summed E-state index contributed by atoms with van der Waals surface area (Å²) in [5.74, 6) is 2.69. The van der Waals surface area contributed by atoms with Gasteiger partial charge in [0.1, 0.15) is 0 Å². The van der Waals surface area contributed by atoms with Crippen molar-refractivity contribution in [3.63, 3.8) is 0 Å². The number of rotatable bonds is 7. The van der Waals surface area contributed by atoms with Gasteiger partial charge in [-0.15, -0.1) is 6.42 Å². The number of benzene rings is 4. The van der Waals surface area contributed by atoms with Gasteiger partial charge in [-0.1, -0.05) is 103 Å². The van der Waals surface area contributed by atoms with Crippen LogP contribution in [0.1, 0.15) is 43.4 Å². The normalized spacial score (nSPS) is 14.5. The first-order chi connectivity index (χ1) is 21.4. The standard InChI is InChI=1S/C41H37N3/c1-5-7-17-32(27(3)4)39-31(6-2)33-18-11-12-19-34(33)41-40(39)35-20-13-14-21-38(35)44(41)30-24-22-29(23-25-30)37(43)26-36(42)28-15-9-8-10-16-28/h1,6-22,24,26,37H,2,23,25,42-43H2,3-4H3/b17-7-,36-26-. The zero-order valence-electron chi connectivity index (χ0n) is 25.3. The summed E-state index contributed by atoms with van der Waals surface area (Å²) in [6.07, 6.45) is 19.6. The van der Waals surface area contributed by atoms with Crippen LogP contribution in [0.4, 0.5) is 0 Å². The van der Waals surface area contributed by atoms with Gasteiger partial charge in [0.2, 0.25) is 0 Å². The Balaban J connectivity index is 1.61. The second-order valence-corrected chi connectivity index (χ2v) is 11.4. The lowest BCUT2D eigenvalue weighted by Gasteiger charge is -2.22. The van der Waals surface area contributed by atoms with Crippen LogP contribution in [0.2, 0.25) is 0 Å². The summed E-state index contributed by atoms with van der Waals surface area (Å²) in [5.41, 5.74) is 24.1. The minimum Gasteiger partial charge on any atom is -0.398 e. The Morgan fingerprint density at radius 3 is 2.25 bits per heavy atom. The lowest BCUT2D eigenvalue weighted by atomic mass is 9.87. The van der Waals surface area contributed by atoms with Gasteiger partial charge in [-0.05, 0) is 90.3 Å². The van der Waals surface area contributed by atoms with Crippen LogP contribution in [0.5, 0.6) is 0 Å². The monoisotopic (exact) mass is 571 g/mol. The van der Waals surface area contributed by atoms with Crippen molar-refractivity contribution in [2.45, 2.75) is 32.7 Å². The summed E-state index contributed by atoms with van der Waals surface area (Å²) in [6.45, 7) is 8.55. The van der Waals surface area contributed by atoms with E-state index in [2.05, 4.69) is 97.7 Å². The molecule has 6 rings (SSSR count). The zero-order valence-corrected chi connectivity index (χ0v) is 25.3. The molecule has 4 N–H and O–H groups in total. The summed E-state index contributed by atoms with van der Waals surface area (Å²) in [5, 5.41) is 4.76. The summed E-state index contributed by atoms with van der Waals surface area (Å²) in [6, 6.07) is 27.0. The third-order valence-corrected chi connectivity index (χ3v) is 8.57. The van der Waals surface area contributed by atoms with E-state index in [-0.39, 0.29) is 6.04 Å². The van der Waals surface area contributed by atoms with Gasteiger partial charge < -0.3 is 16.0 Å². The fourth-order valence-electron chi connectivity index (χ4n) is 6.50. The molecule has 4 aromatic carbocycles. The van der Waals surface area contributed by atoms with Crippen molar-refractivity contribution >= 4 is 55.6 Å². The van der Waals surface area contributed by atoms with Crippen LogP contribution in [-0.4, -0.2) is 10.6 Å². The number of nitrogens with two attached hydrogens (primary N) is 2. The Labute approximate surface area is 259 Å². The van der Waals surface area contributed by atoms with Crippen LogP contribution in [0.3, 0.4) is 0 Å². The number of terminal acetylenes is 1. The van der Waals surface area contributed by atoms with E-state index < -0.39 is 0 Å². The van der Waals surface area contributed by atoms with Crippen molar-refractivity contribution in [2.24, 2.45) is 11.5 Å². The van der Waals surface area contributed by atoms with Gasteiger partial charge in [0.25, 0.3) is 0 Å². The van der Waals surface area contributed by atoms with Crippen LogP contribution in [0.25, 0.3) is 55.6 Å². The van der Waals surface area contributed by atoms with E-state index in [1.165, 1.54) is 44.0 Å². The second kappa shape index (κ2) is 12.1. The maximum Gasteiger partial charge on any atom is 0.0622 e. The van der Waals surface area contributed by atoms with Gasteiger partial charge in [-0.3, -0.25) is 0 Å². The van der Waals surface area contributed by atoms with E-state index >= 15 is 0 Å². The highest BCUT2D eigenvalue weighted by Gasteiger charge is 2.24. The highest BCUT2D eigenvalue weighted by molar-refractivity contribution is 6.25. The number of aromatic nitrogens is 1. The number of hydrogen-bond acceptors (Lipinski definition) is 2. The summed E-state index contributed by atoms with van der Waals surface area (Å²) in [7, 11) is 0. The predicted octanol–water partition coefficient (Wildman–Crippen LogP) is 9.46. The van der Waals surface area contributed by atoms with Crippen LogP contribution < -0.4 is 11.5 Å². The van der Waals surface area contributed by atoms with Crippen molar-refractivity contribution in [1.29, 1.82) is 0 Å². The molecule has 0 aliphatic heterocycles. The lowest BCUT2D eigenvalue weighted by Crippen LogP contribution is -2.22. The minimum absolute atomic E-state index is 0.253. The molecule has 5 aromatic rings. The highest BCUT2D eigenvalue weighted by atomic mass is 15.0. The second-order valence-electron chi connectivity index (χ2n) is 11.4. The molecule has 1 unspecified atom stereocenters. The number of para-hydroxylation sites is 1. The zero-order chi connectivity index (χ0) is 30.8. The quantitative estimate of drug-likeness (QED) is 0.151. The fourth-order valence-corrected chi connectivity index (χ4v) is 6.50. The molecule has 216 valence electrons. The Hall–Kier alpha value is -5.30. The first-order valence-corrected chi connectivity index (χ1v) is 15.0. The molecule has 3 heteroatoms. The number of fused-ring (bicyclic) bond motifs is 5. The highest BCUT2D eigenvalue weighted by Crippen LogP contribution is 2.45. The van der Waals surface area contributed by atoms with Gasteiger partial charge in [0, 0.05) is 33.6 Å². The van der Waals surface area contributed by atoms with Crippen LogP contribution >= 0.6 is 0 Å². The Morgan fingerprint density at radius 2 is 1.59 bits per heavy atom. The molecule has 0 radical (unpaired) electrons. The van der Waals surface area contributed by atoms with Crippen LogP contribution in [0, 0.1) is 12.3 Å². The van der Waals surface area contributed by atoms with E-state index in [9.17, 15) is 0 Å². The van der Waals surface area contributed by atoms with Gasteiger partial charge in [-0.25, -0.2) is 0 Å². The van der Waals surface area contributed by atoms with Crippen molar-refractivity contribution in [3.05, 3.63) is 144 Å². The molecule has 0 bridgehead atoms. The Bertz CT molecular complexity index is 2120. The predicted molar refractivity (Wildman–Crippen MR) is 191 cm³/mol. The topological polar surface area (TPSA) is 57.0 Å². The molecule has 0 saturated carbocycles. The van der Waals surface area contributed by atoms with Gasteiger partial charge in [0.05, 0.1) is 11.0 Å². The van der Waals surface area contributed by atoms with E-state index in [0.29, 0.717) is 5.70 Å². The van der Waals surface area contributed by atoms with E-state index in [0.717, 1.165) is 40.5 Å². The molecule has 1 aliphatic rings. The lowest BCUT2D eigenvalue weighted by molar-refractivity contribution is 0.825. The molecular weight excluding hydrogens is 534 g/mol. The third-order valence-electron chi connectivity index (χ3n) is 8.57. The number of nitrogens with zero attached hydrogens (tertiary/aromatic N) is 1. The molecule has 1 atom stereocenters. The van der Waals surface area contributed by atoms with Crippen molar-refractivity contribution < 1.29 is 0 Å². The van der Waals surface area contributed by atoms with Gasteiger partial charge >= 0.3 is 0 Å².